The Morgan fingerprint density at radius 2 is 1.32 bits per heavy atom. The van der Waals surface area contributed by atoms with Gasteiger partial charge in [0.05, 0.1) is 31.7 Å². The Bertz CT molecular complexity index is 1120. The number of nitrogens with zero attached hydrogens (tertiary/aromatic N) is 4. The molecule has 2 aromatic rings. The fourth-order valence-electron chi connectivity index (χ4n) is 3.06. The van der Waals surface area contributed by atoms with Gasteiger partial charge in [0.2, 0.25) is 0 Å². The van der Waals surface area contributed by atoms with Gasteiger partial charge in [-0.1, -0.05) is 48.7 Å². The number of benzene rings is 2. The molecule has 0 bridgehead atoms. The van der Waals surface area contributed by atoms with Gasteiger partial charge in [-0.3, -0.25) is 10.2 Å². The predicted octanol–water partition coefficient (Wildman–Crippen LogP) is 2.09. The largest absolute Gasteiger partial charge is 2.00 e. The standard InChI is InChI=1S/C26H36N6O6S2.Cu/c1-3-37-19-9-5-17(6-10-19)13-27-25(39)31-29-15-21(23(35)24(36)22(34)16-33)30-32-26(40)28-14-18-7-11-20(12-8-18)38-4-2;/h5-12,15,22-24,33-36H,3-4,13-14,16H2,1-2H3,(H4,27,28,29,30,31,32,39,40);/q;+2/p-2. The first kappa shape index (κ1) is 36.1. The molecule has 0 aliphatic rings. The molecule has 0 aliphatic carbocycles. The molecule has 15 heteroatoms. The molecule has 0 fully saturated rings. The zero-order valence-electron chi connectivity index (χ0n) is 22.5. The van der Waals surface area contributed by atoms with Gasteiger partial charge in [0.15, 0.2) is 0 Å². The molecule has 227 valence electrons. The van der Waals surface area contributed by atoms with Crippen molar-refractivity contribution >= 4 is 46.6 Å². The summed E-state index contributed by atoms with van der Waals surface area (Å²) in [6.45, 7) is 4.91. The van der Waals surface area contributed by atoms with Gasteiger partial charge in [-0.25, -0.2) is 0 Å². The summed E-state index contributed by atoms with van der Waals surface area (Å²) in [4.78, 5) is 0. The first-order valence-corrected chi connectivity index (χ1v) is 13.3. The Morgan fingerprint density at radius 3 is 1.76 bits per heavy atom. The fraction of sp³-hybridized carbons (Fsp3) is 0.385. The average molecular weight is 654 g/mol. The molecule has 0 heterocycles. The number of ether oxygens (including phenoxy) is 2. The Balaban J connectivity index is 0.00000840. The number of rotatable bonds is 15. The van der Waals surface area contributed by atoms with Gasteiger partial charge in [-0.2, -0.15) is 0 Å². The van der Waals surface area contributed by atoms with Crippen LogP contribution < -0.4 is 20.1 Å². The molecule has 6 N–H and O–H groups in total. The average Bonchev–Trinajstić information content (AvgIpc) is 2.97. The van der Waals surface area contributed by atoms with Crippen LogP contribution in [-0.2, 0) is 30.2 Å². The van der Waals surface area contributed by atoms with Crippen LogP contribution in [0.1, 0.15) is 25.0 Å². The van der Waals surface area contributed by atoms with Crippen molar-refractivity contribution in [3.63, 3.8) is 0 Å². The molecule has 0 spiro atoms. The Labute approximate surface area is 260 Å². The van der Waals surface area contributed by atoms with Crippen LogP contribution in [0.2, 0.25) is 0 Å². The minimum atomic E-state index is -1.78. The molecule has 0 saturated carbocycles. The minimum Gasteiger partial charge on any atom is -0.494 e. The molecule has 0 aromatic heterocycles. The second-order valence-corrected chi connectivity index (χ2v) is 8.90. The number of hydrogen-bond acceptors (Lipinski definition) is 10. The first-order valence-electron chi connectivity index (χ1n) is 12.4. The Kier molecular flexibility index (Phi) is 17.7. The summed E-state index contributed by atoms with van der Waals surface area (Å²) in [6.07, 6.45) is -4.15. The second kappa shape index (κ2) is 20.1. The van der Waals surface area contributed by atoms with Crippen molar-refractivity contribution < 1.29 is 47.0 Å². The molecule has 12 nitrogen and oxygen atoms in total. The molecule has 0 amide bonds. The van der Waals surface area contributed by atoms with E-state index in [2.05, 4.69) is 31.7 Å². The summed E-state index contributed by atoms with van der Waals surface area (Å²) in [6, 6.07) is 14.9. The van der Waals surface area contributed by atoms with Gasteiger partial charge in [-0.05, 0) is 62.3 Å². The number of aliphatic hydroxyl groups excluding tert-OH is 4. The summed E-state index contributed by atoms with van der Waals surface area (Å²) in [5.41, 5.74) is 9.26. The van der Waals surface area contributed by atoms with E-state index in [1.165, 1.54) is 0 Å². The smallest absolute Gasteiger partial charge is 0.494 e. The van der Waals surface area contributed by atoms with Crippen molar-refractivity contribution in [2.75, 3.05) is 19.8 Å². The van der Waals surface area contributed by atoms with Crippen LogP contribution >= 0.6 is 24.4 Å². The molecular weight excluding hydrogens is 620 g/mol. The van der Waals surface area contributed by atoms with Gasteiger partial charge in [0.1, 0.15) is 29.8 Å². The monoisotopic (exact) mass is 653 g/mol. The van der Waals surface area contributed by atoms with E-state index in [-0.39, 0.29) is 33.0 Å². The molecule has 0 saturated heterocycles. The van der Waals surface area contributed by atoms with E-state index in [4.69, 9.17) is 39.0 Å². The zero-order chi connectivity index (χ0) is 29.3. The summed E-state index contributed by atoms with van der Waals surface area (Å²) < 4.78 is 10.8. The second-order valence-electron chi connectivity index (χ2n) is 8.13. The quantitative estimate of drug-likeness (QED) is 0.0722. The molecule has 3 atom stereocenters. The van der Waals surface area contributed by atoms with Crippen LogP contribution in [-0.4, -0.2) is 80.7 Å². The maximum Gasteiger partial charge on any atom is 2.00 e. The van der Waals surface area contributed by atoms with E-state index in [1.807, 2.05) is 62.4 Å². The van der Waals surface area contributed by atoms with E-state index in [1.54, 1.807) is 0 Å². The maximum absolute atomic E-state index is 10.5. The third kappa shape index (κ3) is 13.6. The summed E-state index contributed by atoms with van der Waals surface area (Å²) in [5, 5.41) is 53.0. The van der Waals surface area contributed by atoms with Gasteiger partial charge in [-0.15, -0.1) is 0 Å². The van der Waals surface area contributed by atoms with Gasteiger partial charge < -0.3 is 51.4 Å². The molecule has 3 unspecified atom stereocenters. The Morgan fingerprint density at radius 1 is 0.854 bits per heavy atom. The van der Waals surface area contributed by atoms with E-state index in [0.29, 0.717) is 26.3 Å². The number of nitrogens with one attached hydrogen (secondary N) is 2. The van der Waals surface area contributed by atoms with Gasteiger partial charge >= 0.3 is 17.1 Å². The number of aliphatic hydroxyl groups is 4. The third-order valence-corrected chi connectivity index (χ3v) is 5.61. The molecular formula is C26H34CuN6O6S2. The van der Waals surface area contributed by atoms with Crippen LogP contribution in [0.25, 0.3) is 10.9 Å². The van der Waals surface area contributed by atoms with Crippen molar-refractivity contribution in [2.45, 2.75) is 45.2 Å². The molecule has 41 heavy (non-hydrogen) atoms. The fourth-order valence-corrected chi connectivity index (χ4v) is 3.30. The zero-order valence-corrected chi connectivity index (χ0v) is 25.1. The van der Waals surface area contributed by atoms with Crippen molar-refractivity contribution in [2.24, 2.45) is 10.2 Å². The maximum atomic E-state index is 10.5. The first-order chi connectivity index (χ1) is 19.3. The van der Waals surface area contributed by atoms with Crippen molar-refractivity contribution in [1.82, 2.24) is 10.6 Å². The van der Waals surface area contributed by atoms with Crippen molar-refractivity contribution in [3.05, 3.63) is 70.5 Å². The molecule has 1 radical (unpaired) electrons. The molecule has 0 aliphatic heterocycles. The van der Waals surface area contributed by atoms with Gasteiger partial charge in [0.25, 0.3) is 0 Å². The van der Waals surface area contributed by atoms with E-state index < -0.39 is 24.9 Å². The van der Waals surface area contributed by atoms with Crippen molar-refractivity contribution in [1.29, 1.82) is 0 Å². The van der Waals surface area contributed by atoms with Crippen LogP contribution in [0.3, 0.4) is 0 Å². The number of hydrogen-bond donors (Lipinski definition) is 6. The van der Waals surface area contributed by atoms with Crippen LogP contribution in [0.4, 0.5) is 0 Å². The predicted molar refractivity (Wildman–Crippen MR) is 162 cm³/mol. The van der Waals surface area contributed by atoms with E-state index >= 15 is 0 Å². The topological polar surface area (TPSA) is 176 Å². The van der Waals surface area contributed by atoms with Crippen LogP contribution in [0.5, 0.6) is 11.5 Å². The molecule has 2 rings (SSSR count). The third-order valence-electron chi connectivity index (χ3n) is 5.16. The summed E-state index contributed by atoms with van der Waals surface area (Å²) in [5.74, 6) is 1.51. The minimum absolute atomic E-state index is 0. The normalized spacial score (nSPS) is 13.4. The van der Waals surface area contributed by atoms with Crippen molar-refractivity contribution in [3.8, 4) is 11.5 Å². The van der Waals surface area contributed by atoms with Gasteiger partial charge in [0, 0.05) is 10.2 Å². The van der Waals surface area contributed by atoms with E-state index in [0.717, 1.165) is 28.8 Å². The SMILES string of the molecule is CCOc1ccc(CNC(=S)[N-]N=C(/C=N\[N-]C(=S)NCc2ccc(OCC)cc2)C(O)C(O)C(O)CO)cc1.[Cu+2]. The summed E-state index contributed by atoms with van der Waals surface area (Å²) >= 11 is 10.3. The molecule has 2 aromatic carbocycles. The number of thiocarbonyl (C=S) groups is 2. The summed E-state index contributed by atoms with van der Waals surface area (Å²) in [7, 11) is 0. The van der Waals surface area contributed by atoms with E-state index in [9.17, 15) is 15.3 Å². The van der Waals surface area contributed by atoms with Crippen LogP contribution in [0, 0.1) is 0 Å². The Hall–Kier alpha value is -2.88. The van der Waals surface area contributed by atoms with Crippen LogP contribution in [0.15, 0.2) is 58.7 Å².